The maximum Gasteiger partial charge on any atom is 0.433 e. The third-order valence-corrected chi connectivity index (χ3v) is 7.34. The molecule has 204 valence electrons. The smallest absolute Gasteiger partial charge is 0.433 e. The van der Waals surface area contributed by atoms with Crippen molar-refractivity contribution in [3.8, 4) is 16.9 Å². The van der Waals surface area contributed by atoms with E-state index in [9.17, 15) is 22.8 Å². The van der Waals surface area contributed by atoms with Crippen molar-refractivity contribution in [2.75, 3.05) is 5.32 Å². The van der Waals surface area contributed by atoms with Gasteiger partial charge in [-0.1, -0.05) is 36.4 Å². The largest absolute Gasteiger partial charge is 0.486 e. The fourth-order valence-corrected chi connectivity index (χ4v) is 5.10. The van der Waals surface area contributed by atoms with Crippen molar-refractivity contribution in [1.82, 2.24) is 4.98 Å². The second-order valence-corrected chi connectivity index (χ2v) is 10.0. The number of carbonyl (C=O) groups is 2. The molecule has 5 rings (SSSR count). The molecule has 0 saturated carbocycles. The van der Waals surface area contributed by atoms with Crippen LogP contribution in [0.25, 0.3) is 21.3 Å². The van der Waals surface area contributed by atoms with Gasteiger partial charge in [-0.05, 0) is 66.4 Å². The molecule has 0 spiro atoms. The summed E-state index contributed by atoms with van der Waals surface area (Å²) in [5.74, 6) is -0.725. The normalized spacial score (nSPS) is 11.5. The number of anilines is 1. The lowest BCUT2D eigenvalue weighted by molar-refractivity contribution is -0.140. The number of hydrogen-bond acceptors (Lipinski definition) is 6. The number of halogens is 3. The van der Waals surface area contributed by atoms with Crippen molar-refractivity contribution in [2.24, 2.45) is 5.73 Å². The second kappa shape index (κ2) is 10.5. The minimum atomic E-state index is -4.73. The van der Waals surface area contributed by atoms with Gasteiger partial charge >= 0.3 is 6.18 Å². The summed E-state index contributed by atoms with van der Waals surface area (Å²) in [5, 5.41) is 2.78. The van der Waals surface area contributed by atoms with Gasteiger partial charge in [0, 0.05) is 5.39 Å². The van der Waals surface area contributed by atoms with Crippen LogP contribution in [0, 0.1) is 13.8 Å². The predicted molar refractivity (Wildman–Crippen MR) is 145 cm³/mol. The first-order chi connectivity index (χ1) is 19.0. The van der Waals surface area contributed by atoms with E-state index in [1.165, 1.54) is 6.07 Å². The Morgan fingerprint density at radius 2 is 1.77 bits per heavy atom. The number of hydrogen-bond donors (Lipinski definition) is 2. The zero-order valence-electron chi connectivity index (χ0n) is 21.3. The predicted octanol–water partition coefficient (Wildman–Crippen LogP) is 7.12. The van der Waals surface area contributed by atoms with E-state index in [1.807, 2.05) is 32.0 Å². The topological polar surface area (TPSA) is 107 Å². The average molecular weight is 566 g/mol. The SMILES string of the molecule is Cc1ccc(OCc2ccc(C(=O)Nc3c(C(N)=O)sc4nc(C(F)(F)F)cc(-c5ccccc5)c34)o2)cc1C. The fourth-order valence-electron chi connectivity index (χ4n) is 4.09. The molecule has 0 saturated heterocycles. The standard InChI is InChI=1S/C29H22F3N3O4S/c1-15-8-9-18(12-16(15)2)38-14-19-10-11-21(39-19)27(37)35-24-23-20(17-6-4-3-5-7-17)13-22(29(30,31)32)34-28(23)40-25(24)26(33)36/h3-13H,14H2,1-2H3,(H2,33,36)(H,35,37). The molecule has 0 radical (unpaired) electrons. The van der Waals surface area contributed by atoms with Gasteiger partial charge in [0.25, 0.3) is 11.8 Å². The summed E-state index contributed by atoms with van der Waals surface area (Å²) in [4.78, 5) is 29.0. The maximum absolute atomic E-state index is 13.7. The number of aryl methyl sites for hydroxylation is 2. The lowest BCUT2D eigenvalue weighted by atomic mass is 10.0. The molecule has 11 heteroatoms. The van der Waals surface area contributed by atoms with Crippen LogP contribution in [0.15, 0.2) is 71.1 Å². The highest BCUT2D eigenvalue weighted by atomic mass is 32.1. The van der Waals surface area contributed by atoms with E-state index in [4.69, 9.17) is 14.9 Å². The molecule has 0 bridgehead atoms. The number of alkyl halides is 3. The van der Waals surface area contributed by atoms with Gasteiger partial charge < -0.3 is 20.2 Å². The molecule has 3 aromatic heterocycles. The molecule has 0 aliphatic rings. The Kier molecular flexibility index (Phi) is 7.07. The van der Waals surface area contributed by atoms with Gasteiger partial charge in [-0.15, -0.1) is 11.3 Å². The summed E-state index contributed by atoms with van der Waals surface area (Å²) in [5.41, 5.74) is 7.15. The molecule has 7 nitrogen and oxygen atoms in total. The molecule has 2 amide bonds. The average Bonchev–Trinajstić information content (AvgIpc) is 3.54. The number of fused-ring (bicyclic) bond motifs is 1. The summed E-state index contributed by atoms with van der Waals surface area (Å²) < 4.78 is 52.4. The van der Waals surface area contributed by atoms with E-state index >= 15 is 0 Å². The Morgan fingerprint density at radius 1 is 1.02 bits per heavy atom. The summed E-state index contributed by atoms with van der Waals surface area (Å²) in [6, 6.07) is 17.8. The molecular formula is C29H22F3N3O4S. The molecule has 2 aromatic carbocycles. The number of amides is 2. The third-order valence-electron chi connectivity index (χ3n) is 6.24. The molecular weight excluding hydrogens is 543 g/mol. The van der Waals surface area contributed by atoms with Crippen LogP contribution in [-0.2, 0) is 12.8 Å². The lowest BCUT2D eigenvalue weighted by Gasteiger charge is -2.12. The first-order valence-corrected chi connectivity index (χ1v) is 12.8. The number of ether oxygens (including phenoxy) is 1. The van der Waals surface area contributed by atoms with E-state index in [0.717, 1.165) is 17.2 Å². The summed E-state index contributed by atoms with van der Waals surface area (Å²) in [7, 11) is 0. The van der Waals surface area contributed by atoms with E-state index < -0.39 is 23.7 Å². The summed E-state index contributed by atoms with van der Waals surface area (Å²) >= 11 is 0.670. The Labute approximate surface area is 230 Å². The van der Waals surface area contributed by atoms with Crippen LogP contribution in [0.5, 0.6) is 5.75 Å². The highest BCUT2D eigenvalue weighted by Crippen LogP contribution is 2.43. The number of primary amides is 1. The number of benzene rings is 2. The zero-order valence-corrected chi connectivity index (χ0v) is 22.1. The van der Waals surface area contributed by atoms with Crippen LogP contribution >= 0.6 is 11.3 Å². The van der Waals surface area contributed by atoms with Crippen molar-refractivity contribution >= 4 is 39.1 Å². The monoisotopic (exact) mass is 565 g/mol. The Morgan fingerprint density at radius 3 is 2.45 bits per heavy atom. The van der Waals surface area contributed by atoms with Crippen LogP contribution in [0.3, 0.4) is 0 Å². The molecule has 0 unspecified atom stereocenters. The molecule has 0 fully saturated rings. The van der Waals surface area contributed by atoms with Crippen LogP contribution < -0.4 is 15.8 Å². The number of nitrogens with one attached hydrogen (secondary N) is 1. The number of thiophene rings is 1. The fraction of sp³-hybridized carbons (Fsp3) is 0.138. The molecule has 3 heterocycles. The Bertz CT molecular complexity index is 1740. The molecule has 0 aliphatic carbocycles. The molecule has 0 atom stereocenters. The van der Waals surface area contributed by atoms with Crippen molar-refractivity contribution < 1.29 is 31.9 Å². The number of nitrogens with zero attached hydrogens (tertiary/aromatic N) is 1. The zero-order chi connectivity index (χ0) is 28.6. The maximum atomic E-state index is 13.7. The van der Waals surface area contributed by atoms with E-state index in [1.54, 1.807) is 36.4 Å². The van der Waals surface area contributed by atoms with Crippen molar-refractivity contribution in [3.05, 3.63) is 99.9 Å². The number of furan rings is 1. The van der Waals surface area contributed by atoms with Crippen molar-refractivity contribution in [2.45, 2.75) is 26.6 Å². The van der Waals surface area contributed by atoms with Crippen LogP contribution in [0.1, 0.15) is 42.8 Å². The minimum absolute atomic E-state index is 0.0399. The van der Waals surface area contributed by atoms with Gasteiger partial charge in [0.1, 0.15) is 33.5 Å². The summed E-state index contributed by atoms with van der Waals surface area (Å²) in [6.07, 6.45) is -4.73. The van der Waals surface area contributed by atoms with Crippen molar-refractivity contribution in [3.63, 3.8) is 0 Å². The Balaban J connectivity index is 1.49. The highest BCUT2D eigenvalue weighted by molar-refractivity contribution is 7.21. The molecule has 5 aromatic rings. The quantitative estimate of drug-likeness (QED) is 0.218. The van der Waals surface area contributed by atoms with E-state index in [0.29, 0.717) is 28.4 Å². The van der Waals surface area contributed by atoms with Gasteiger partial charge in [0.2, 0.25) is 0 Å². The first-order valence-electron chi connectivity index (χ1n) is 12.0. The minimum Gasteiger partial charge on any atom is -0.486 e. The number of nitrogens with two attached hydrogens (primary N) is 1. The Hall–Kier alpha value is -4.64. The number of carbonyl (C=O) groups excluding carboxylic acids is 2. The highest BCUT2D eigenvalue weighted by Gasteiger charge is 2.35. The number of rotatable bonds is 7. The summed E-state index contributed by atoms with van der Waals surface area (Å²) in [6.45, 7) is 4.02. The van der Waals surface area contributed by atoms with Crippen molar-refractivity contribution in [1.29, 1.82) is 0 Å². The molecule has 40 heavy (non-hydrogen) atoms. The van der Waals surface area contributed by atoms with Gasteiger partial charge in [-0.3, -0.25) is 9.59 Å². The van der Waals surface area contributed by atoms with Gasteiger partial charge in [-0.2, -0.15) is 13.2 Å². The van der Waals surface area contributed by atoms with E-state index in [2.05, 4.69) is 10.3 Å². The lowest BCUT2D eigenvalue weighted by Crippen LogP contribution is -2.16. The van der Waals surface area contributed by atoms with Gasteiger partial charge in [0.15, 0.2) is 5.76 Å². The van der Waals surface area contributed by atoms with Gasteiger partial charge in [-0.25, -0.2) is 4.98 Å². The second-order valence-electron chi connectivity index (χ2n) is 9.02. The van der Waals surface area contributed by atoms with Crippen LogP contribution in [-0.4, -0.2) is 16.8 Å². The first kappa shape index (κ1) is 26.9. The molecule has 0 aliphatic heterocycles. The molecule has 3 N–H and O–H groups in total. The third kappa shape index (κ3) is 5.41. The van der Waals surface area contributed by atoms with Crippen LogP contribution in [0.4, 0.5) is 18.9 Å². The van der Waals surface area contributed by atoms with E-state index in [-0.39, 0.29) is 38.7 Å². The van der Waals surface area contributed by atoms with Gasteiger partial charge in [0.05, 0.1) is 5.69 Å². The van der Waals surface area contributed by atoms with Crippen LogP contribution in [0.2, 0.25) is 0 Å². The number of aromatic nitrogens is 1. The number of pyridine rings is 1.